The molecule has 0 aliphatic heterocycles. The van der Waals surface area contributed by atoms with E-state index in [-0.39, 0.29) is 10.7 Å². The van der Waals surface area contributed by atoms with Crippen molar-refractivity contribution in [3.8, 4) is 11.1 Å². The van der Waals surface area contributed by atoms with Crippen LogP contribution in [0.15, 0.2) is 77.7 Å². The number of para-hydroxylation sites is 1. The zero-order valence-electron chi connectivity index (χ0n) is 15.6. The van der Waals surface area contributed by atoms with E-state index in [1.54, 1.807) is 48.5 Å². The van der Waals surface area contributed by atoms with Crippen molar-refractivity contribution in [2.45, 2.75) is 11.8 Å². The summed E-state index contributed by atoms with van der Waals surface area (Å²) in [5.41, 5.74) is 9.62. The van der Waals surface area contributed by atoms with Crippen LogP contribution in [0.25, 0.3) is 22.0 Å². The van der Waals surface area contributed by atoms with Crippen molar-refractivity contribution >= 4 is 44.0 Å². The van der Waals surface area contributed by atoms with Gasteiger partial charge in [-0.05, 0) is 42.8 Å². The lowest BCUT2D eigenvalue weighted by Crippen LogP contribution is -2.15. The highest BCUT2D eigenvalue weighted by atomic mass is 35.5. The van der Waals surface area contributed by atoms with Gasteiger partial charge in [0.1, 0.15) is 5.82 Å². The zero-order chi connectivity index (χ0) is 20.6. The third kappa shape index (κ3) is 3.77. The van der Waals surface area contributed by atoms with Gasteiger partial charge in [0.05, 0.1) is 16.1 Å². The Hall–Kier alpha value is -3.09. The molecule has 3 aromatic carbocycles. The maximum absolute atomic E-state index is 13.0. The number of halogens is 1. The monoisotopic (exact) mass is 423 g/mol. The smallest absolute Gasteiger partial charge is 0.263 e. The van der Waals surface area contributed by atoms with E-state index >= 15 is 0 Å². The van der Waals surface area contributed by atoms with E-state index in [1.165, 1.54) is 0 Å². The van der Waals surface area contributed by atoms with Crippen molar-refractivity contribution < 1.29 is 8.42 Å². The molecule has 146 valence electrons. The first kappa shape index (κ1) is 19.2. The Kier molecular flexibility index (Phi) is 4.90. The summed E-state index contributed by atoms with van der Waals surface area (Å²) in [6.45, 7) is 1.90. The quantitative estimate of drug-likeness (QED) is 0.469. The maximum Gasteiger partial charge on any atom is 0.263 e. The molecule has 0 unspecified atom stereocenters. The Labute approximate surface area is 174 Å². The lowest BCUT2D eigenvalue weighted by molar-refractivity contribution is 0.601. The second kappa shape index (κ2) is 7.39. The van der Waals surface area contributed by atoms with Crippen molar-refractivity contribution in [1.29, 1.82) is 0 Å². The highest BCUT2D eigenvalue weighted by Gasteiger charge is 2.21. The maximum atomic E-state index is 13.0. The van der Waals surface area contributed by atoms with E-state index in [0.29, 0.717) is 27.4 Å². The molecule has 1 heterocycles. The number of pyridine rings is 1. The average molecular weight is 424 g/mol. The highest BCUT2D eigenvalue weighted by Crippen LogP contribution is 2.38. The summed E-state index contributed by atoms with van der Waals surface area (Å²) in [6.07, 6.45) is 0. The van der Waals surface area contributed by atoms with Crippen LogP contribution in [0.1, 0.15) is 5.56 Å². The van der Waals surface area contributed by atoms with Crippen molar-refractivity contribution in [3.05, 3.63) is 83.4 Å². The molecule has 0 spiro atoms. The van der Waals surface area contributed by atoms with E-state index in [0.717, 1.165) is 10.9 Å². The molecule has 0 aliphatic rings. The van der Waals surface area contributed by atoms with Crippen molar-refractivity contribution in [3.63, 3.8) is 0 Å². The number of anilines is 2. The highest BCUT2D eigenvalue weighted by molar-refractivity contribution is 7.92. The number of aromatic nitrogens is 1. The fourth-order valence-corrected chi connectivity index (χ4v) is 4.36. The second-order valence-electron chi connectivity index (χ2n) is 6.70. The van der Waals surface area contributed by atoms with Gasteiger partial charge in [0.15, 0.2) is 0 Å². The molecule has 4 rings (SSSR count). The number of fused-ring (bicyclic) bond motifs is 1. The minimum Gasteiger partial charge on any atom is -0.398 e. The lowest BCUT2D eigenvalue weighted by Gasteiger charge is -2.16. The van der Waals surface area contributed by atoms with E-state index in [9.17, 15) is 8.42 Å². The molecule has 0 bridgehead atoms. The first-order chi connectivity index (χ1) is 13.8. The molecule has 3 N–H and O–H groups in total. The number of nitrogens with zero attached hydrogens (tertiary/aromatic N) is 1. The van der Waals surface area contributed by atoms with E-state index < -0.39 is 10.0 Å². The molecule has 5 nitrogen and oxygen atoms in total. The Morgan fingerprint density at radius 3 is 2.41 bits per heavy atom. The molecular weight excluding hydrogens is 406 g/mol. The van der Waals surface area contributed by atoms with Gasteiger partial charge in [0.25, 0.3) is 10.0 Å². The molecule has 0 saturated heterocycles. The fourth-order valence-electron chi connectivity index (χ4n) is 3.15. The normalized spacial score (nSPS) is 11.5. The predicted octanol–water partition coefficient (Wildman–Crippen LogP) is 5.25. The topological polar surface area (TPSA) is 85.1 Å². The largest absolute Gasteiger partial charge is 0.398 e. The lowest BCUT2D eigenvalue weighted by atomic mass is 10.0. The van der Waals surface area contributed by atoms with E-state index in [1.807, 2.05) is 31.2 Å². The van der Waals surface area contributed by atoms with Gasteiger partial charge in [-0.15, -0.1) is 0 Å². The number of nitrogen functional groups attached to an aromatic ring is 1. The zero-order valence-corrected chi connectivity index (χ0v) is 17.1. The van der Waals surface area contributed by atoms with Crippen LogP contribution in [0, 0.1) is 6.92 Å². The van der Waals surface area contributed by atoms with Crippen molar-refractivity contribution in [2.75, 3.05) is 10.5 Å². The third-order valence-corrected chi connectivity index (χ3v) is 6.20. The number of nitrogens with one attached hydrogen (secondary N) is 1. The number of aryl methyl sites for hydroxylation is 1. The fraction of sp³-hybridized carbons (Fsp3) is 0.0455. The molecule has 29 heavy (non-hydrogen) atoms. The van der Waals surface area contributed by atoms with E-state index in [4.69, 9.17) is 17.3 Å². The molecule has 7 heteroatoms. The summed E-state index contributed by atoms with van der Waals surface area (Å²) in [6, 6.07) is 21.0. The SMILES string of the molecule is Cc1ccc(S(=O)(=O)Nc2nc3ccccc3c(N)c2-c2cccc(Cl)c2)cc1. The number of benzene rings is 3. The summed E-state index contributed by atoms with van der Waals surface area (Å²) in [5, 5.41) is 1.25. The molecule has 0 fully saturated rings. The number of hydrogen-bond donors (Lipinski definition) is 2. The van der Waals surface area contributed by atoms with Gasteiger partial charge in [0, 0.05) is 16.0 Å². The van der Waals surface area contributed by atoms with Crippen molar-refractivity contribution in [2.24, 2.45) is 0 Å². The Bertz CT molecular complexity index is 1320. The molecule has 4 aromatic rings. The summed E-state index contributed by atoms with van der Waals surface area (Å²) in [7, 11) is -3.86. The predicted molar refractivity (Wildman–Crippen MR) is 119 cm³/mol. The first-order valence-electron chi connectivity index (χ1n) is 8.89. The molecule has 0 aliphatic carbocycles. The van der Waals surface area contributed by atoms with Crippen LogP contribution in [0.4, 0.5) is 11.5 Å². The second-order valence-corrected chi connectivity index (χ2v) is 8.81. The summed E-state index contributed by atoms with van der Waals surface area (Å²) in [4.78, 5) is 4.70. The van der Waals surface area contributed by atoms with Gasteiger partial charge >= 0.3 is 0 Å². The summed E-state index contributed by atoms with van der Waals surface area (Å²) >= 11 is 6.16. The molecular formula is C22H18ClN3O2S. The van der Waals surface area contributed by atoms with Crippen LogP contribution in [0.2, 0.25) is 5.02 Å². The minimum atomic E-state index is -3.86. The van der Waals surface area contributed by atoms with Gasteiger partial charge in [-0.1, -0.05) is 59.6 Å². The van der Waals surface area contributed by atoms with Gasteiger partial charge in [0.2, 0.25) is 0 Å². The molecule has 0 radical (unpaired) electrons. The molecule has 1 aromatic heterocycles. The van der Waals surface area contributed by atoms with Gasteiger partial charge in [-0.3, -0.25) is 4.72 Å². The Morgan fingerprint density at radius 2 is 1.69 bits per heavy atom. The van der Waals surface area contributed by atoms with Crippen molar-refractivity contribution in [1.82, 2.24) is 4.98 Å². The summed E-state index contributed by atoms with van der Waals surface area (Å²) < 4.78 is 28.6. The Balaban J connectivity index is 1.93. The average Bonchev–Trinajstić information content (AvgIpc) is 2.68. The van der Waals surface area contributed by atoms with Crippen LogP contribution >= 0.6 is 11.6 Å². The number of rotatable bonds is 4. The van der Waals surface area contributed by atoms with Gasteiger partial charge in [-0.25, -0.2) is 13.4 Å². The first-order valence-corrected chi connectivity index (χ1v) is 10.7. The van der Waals surface area contributed by atoms with Crippen LogP contribution in [0.5, 0.6) is 0 Å². The molecule has 0 saturated carbocycles. The third-order valence-electron chi connectivity index (χ3n) is 4.61. The molecule has 0 amide bonds. The van der Waals surface area contributed by atoms with E-state index in [2.05, 4.69) is 9.71 Å². The van der Waals surface area contributed by atoms with Gasteiger partial charge in [-0.2, -0.15) is 0 Å². The Morgan fingerprint density at radius 1 is 0.966 bits per heavy atom. The van der Waals surface area contributed by atoms with Crippen LogP contribution in [-0.2, 0) is 10.0 Å². The molecule has 0 atom stereocenters. The van der Waals surface area contributed by atoms with Crippen LogP contribution in [-0.4, -0.2) is 13.4 Å². The van der Waals surface area contributed by atoms with Crippen LogP contribution < -0.4 is 10.5 Å². The van der Waals surface area contributed by atoms with Crippen LogP contribution in [0.3, 0.4) is 0 Å². The minimum absolute atomic E-state index is 0.147. The number of nitrogens with two attached hydrogens (primary N) is 1. The standard InChI is InChI=1S/C22H18ClN3O2S/c1-14-9-11-17(12-10-14)29(27,28)26-22-20(15-5-4-6-16(23)13-15)21(24)18-7-2-3-8-19(18)25-22/h2-13H,1H3,(H3,24,25,26). The summed E-state index contributed by atoms with van der Waals surface area (Å²) in [5.74, 6) is 0.157. The van der Waals surface area contributed by atoms with Gasteiger partial charge < -0.3 is 5.73 Å². The number of hydrogen-bond acceptors (Lipinski definition) is 4. The number of sulfonamides is 1.